The SMILES string of the molecule is CN(C)CCCNC(=O)NCc1ccc(C(F)(F)F)c(F)c1. The highest BCUT2D eigenvalue weighted by Gasteiger charge is 2.33. The predicted octanol–water partition coefficient (Wildman–Crippen LogP) is 2.60. The third kappa shape index (κ3) is 6.30. The molecule has 0 radical (unpaired) electrons. The number of benzene rings is 1. The molecule has 0 aliphatic carbocycles. The number of nitrogens with zero attached hydrogens (tertiary/aromatic N) is 1. The normalized spacial score (nSPS) is 11.6. The van der Waals surface area contributed by atoms with E-state index in [2.05, 4.69) is 10.6 Å². The number of rotatable bonds is 6. The van der Waals surface area contributed by atoms with Gasteiger partial charge < -0.3 is 15.5 Å². The first-order valence-corrected chi connectivity index (χ1v) is 6.72. The van der Waals surface area contributed by atoms with Gasteiger partial charge in [-0.3, -0.25) is 0 Å². The molecule has 0 aliphatic rings. The lowest BCUT2D eigenvalue weighted by molar-refractivity contribution is -0.140. The monoisotopic (exact) mass is 321 g/mol. The van der Waals surface area contributed by atoms with Crippen LogP contribution in [0, 0.1) is 5.82 Å². The molecule has 4 nitrogen and oxygen atoms in total. The minimum atomic E-state index is -4.72. The number of amides is 2. The number of halogens is 4. The maximum absolute atomic E-state index is 13.3. The topological polar surface area (TPSA) is 44.4 Å². The Bertz CT molecular complexity index is 503. The predicted molar refractivity (Wildman–Crippen MR) is 74.8 cm³/mol. The van der Waals surface area contributed by atoms with E-state index in [1.165, 1.54) is 0 Å². The van der Waals surface area contributed by atoms with Gasteiger partial charge >= 0.3 is 12.2 Å². The first-order valence-electron chi connectivity index (χ1n) is 6.72. The van der Waals surface area contributed by atoms with Gasteiger partial charge in [0.15, 0.2) is 0 Å². The average Bonchev–Trinajstić information content (AvgIpc) is 2.39. The number of nitrogens with one attached hydrogen (secondary N) is 2. The van der Waals surface area contributed by atoms with Crippen molar-refractivity contribution in [3.8, 4) is 0 Å². The lowest BCUT2D eigenvalue weighted by atomic mass is 10.1. The minimum absolute atomic E-state index is 0.0471. The lowest BCUT2D eigenvalue weighted by Gasteiger charge is -2.12. The molecule has 0 spiro atoms. The van der Waals surface area contributed by atoms with Gasteiger partial charge in [0.05, 0.1) is 5.56 Å². The Morgan fingerprint density at radius 3 is 2.45 bits per heavy atom. The van der Waals surface area contributed by atoms with Gasteiger partial charge in [-0.25, -0.2) is 9.18 Å². The second-order valence-electron chi connectivity index (χ2n) is 5.08. The first kappa shape index (κ1) is 18.2. The molecule has 1 aromatic rings. The van der Waals surface area contributed by atoms with Crippen LogP contribution in [0.5, 0.6) is 0 Å². The van der Waals surface area contributed by atoms with Crippen LogP contribution in [0.2, 0.25) is 0 Å². The van der Waals surface area contributed by atoms with Gasteiger partial charge in [0.1, 0.15) is 5.82 Å². The van der Waals surface area contributed by atoms with Crippen molar-refractivity contribution >= 4 is 6.03 Å². The Balaban J connectivity index is 2.42. The number of urea groups is 1. The molecule has 0 atom stereocenters. The molecular formula is C14H19F4N3O. The van der Waals surface area contributed by atoms with Crippen molar-refractivity contribution in [3.63, 3.8) is 0 Å². The number of alkyl halides is 3. The molecule has 8 heteroatoms. The second-order valence-corrected chi connectivity index (χ2v) is 5.08. The average molecular weight is 321 g/mol. The van der Waals surface area contributed by atoms with E-state index >= 15 is 0 Å². The number of carbonyl (C=O) groups excluding carboxylic acids is 1. The fourth-order valence-electron chi connectivity index (χ4n) is 1.74. The van der Waals surface area contributed by atoms with Gasteiger partial charge in [-0.1, -0.05) is 6.07 Å². The van der Waals surface area contributed by atoms with Crippen molar-refractivity contribution in [2.75, 3.05) is 27.2 Å². The molecule has 22 heavy (non-hydrogen) atoms. The summed E-state index contributed by atoms with van der Waals surface area (Å²) in [5, 5.41) is 5.07. The van der Waals surface area contributed by atoms with Crippen LogP contribution in [0.15, 0.2) is 18.2 Å². The molecule has 0 unspecified atom stereocenters. The van der Waals surface area contributed by atoms with Gasteiger partial charge in [0.2, 0.25) is 0 Å². The van der Waals surface area contributed by atoms with Crippen LogP contribution < -0.4 is 10.6 Å². The Kier molecular flexibility index (Phi) is 6.61. The summed E-state index contributed by atoms with van der Waals surface area (Å²) < 4.78 is 50.5. The highest BCUT2D eigenvalue weighted by atomic mass is 19.4. The molecule has 1 aromatic carbocycles. The van der Waals surface area contributed by atoms with E-state index in [1.54, 1.807) is 0 Å². The van der Waals surface area contributed by atoms with Crippen LogP contribution in [0.4, 0.5) is 22.4 Å². The summed E-state index contributed by atoms with van der Waals surface area (Å²) in [4.78, 5) is 13.4. The molecule has 0 aliphatic heterocycles. The third-order valence-corrected chi connectivity index (χ3v) is 2.86. The van der Waals surface area contributed by atoms with Crippen molar-refractivity contribution in [2.45, 2.75) is 19.1 Å². The molecule has 0 fully saturated rings. The van der Waals surface area contributed by atoms with E-state index in [4.69, 9.17) is 0 Å². The fraction of sp³-hybridized carbons (Fsp3) is 0.500. The Hall–Kier alpha value is -1.83. The molecule has 1 rings (SSSR count). The van der Waals surface area contributed by atoms with Gasteiger partial charge in [-0.15, -0.1) is 0 Å². The summed E-state index contributed by atoms with van der Waals surface area (Å²) in [5.74, 6) is -1.35. The van der Waals surface area contributed by atoms with Crippen molar-refractivity contribution in [1.29, 1.82) is 0 Å². The zero-order valence-electron chi connectivity index (χ0n) is 12.4. The lowest BCUT2D eigenvalue weighted by Crippen LogP contribution is -2.36. The molecule has 0 saturated heterocycles. The number of hydrogen-bond acceptors (Lipinski definition) is 2. The maximum Gasteiger partial charge on any atom is 0.419 e. The van der Waals surface area contributed by atoms with Crippen LogP contribution in [0.25, 0.3) is 0 Å². The Labute approximate surface area is 126 Å². The fourth-order valence-corrected chi connectivity index (χ4v) is 1.74. The Morgan fingerprint density at radius 2 is 1.91 bits per heavy atom. The highest BCUT2D eigenvalue weighted by Crippen LogP contribution is 2.31. The second kappa shape index (κ2) is 7.98. The summed E-state index contributed by atoms with van der Waals surface area (Å²) >= 11 is 0. The van der Waals surface area contributed by atoms with Crippen LogP contribution >= 0.6 is 0 Å². The summed E-state index contributed by atoms with van der Waals surface area (Å²) in [6.07, 6.45) is -3.95. The molecule has 2 N–H and O–H groups in total. The molecule has 0 aromatic heterocycles. The molecular weight excluding hydrogens is 302 g/mol. The molecule has 0 bridgehead atoms. The summed E-state index contributed by atoms with van der Waals surface area (Å²) in [7, 11) is 3.83. The number of carbonyl (C=O) groups is 1. The zero-order valence-corrected chi connectivity index (χ0v) is 12.4. The van der Waals surface area contributed by atoms with Crippen LogP contribution in [0.1, 0.15) is 17.5 Å². The molecule has 0 heterocycles. The maximum atomic E-state index is 13.3. The molecule has 2 amide bonds. The first-order chi connectivity index (χ1) is 10.2. The largest absolute Gasteiger partial charge is 0.419 e. The van der Waals surface area contributed by atoms with E-state index in [0.29, 0.717) is 12.6 Å². The van der Waals surface area contributed by atoms with Crippen LogP contribution in [-0.2, 0) is 12.7 Å². The van der Waals surface area contributed by atoms with Crippen molar-refractivity contribution < 1.29 is 22.4 Å². The van der Waals surface area contributed by atoms with Crippen LogP contribution in [0.3, 0.4) is 0 Å². The van der Waals surface area contributed by atoms with Gasteiger partial charge in [-0.05, 0) is 44.8 Å². The third-order valence-electron chi connectivity index (χ3n) is 2.86. The van der Waals surface area contributed by atoms with Crippen molar-refractivity contribution in [1.82, 2.24) is 15.5 Å². The van der Waals surface area contributed by atoms with Crippen molar-refractivity contribution in [2.24, 2.45) is 0 Å². The van der Waals surface area contributed by atoms with Gasteiger partial charge in [-0.2, -0.15) is 13.2 Å². The van der Waals surface area contributed by atoms with E-state index in [-0.39, 0.29) is 12.1 Å². The van der Waals surface area contributed by atoms with E-state index in [0.717, 1.165) is 25.1 Å². The summed E-state index contributed by atoms with van der Waals surface area (Å²) in [6, 6.07) is 2.13. The van der Waals surface area contributed by atoms with Gasteiger partial charge in [0.25, 0.3) is 0 Å². The highest BCUT2D eigenvalue weighted by molar-refractivity contribution is 5.73. The summed E-state index contributed by atoms with van der Waals surface area (Å²) in [5.41, 5.74) is -1.06. The standard InChI is InChI=1S/C14H19F4N3O/c1-21(2)7-3-6-19-13(22)20-9-10-4-5-11(12(15)8-10)14(16,17)18/h4-5,8H,3,6-7,9H2,1-2H3,(H2,19,20,22). The smallest absolute Gasteiger partial charge is 0.338 e. The van der Waals surface area contributed by atoms with Crippen molar-refractivity contribution in [3.05, 3.63) is 35.1 Å². The van der Waals surface area contributed by atoms with E-state index in [9.17, 15) is 22.4 Å². The number of hydrogen-bond donors (Lipinski definition) is 2. The van der Waals surface area contributed by atoms with Crippen LogP contribution in [-0.4, -0.2) is 38.1 Å². The molecule has 0 saturated carbocycles. The minimum Gasteiger partial charge on any atom is -0.338 e. The van der Waals surface area contributed by atoms with E-state index < -0.39 is 23.6 Å². The summed E-state index contributed by atoms with van der Waals surface area (Å²) in [6.45, 7) is 1.25. The molecule has 124 valence electrons. The zero-order chi connectivity index (χ0) is 16.8. The Morgan fingerprint density at radius 1 is 1.23 bits per heavy atom. The van der Waals surface area contributed by atoms with Gasteiger partial charge in [0, 0.05) is 13.1 Å². The van der Waals surface area contributed by atoms with E-state index in [1.807, 2.05) is 19.0 Å². The quantitative estimate of drug-likeness (QED) is 0.625.